The van der Waals surface area contributed by atoms with Gasteiger partial charge in [0.1, 0.15) is 5.75 Å². The number of benzene rings is 1. The summed E-state index contributed by atoms with van der Waals surface area (Å²) in [6, 6.07) is 4.91. The number of phenols is 1. The first-order valence-corrected chi connectivity index (χ1v) is 4.94. The molecule has 1 aromatic carbocycles. The summed E-state index contributed by atoms with van der Waals surface area (Å²) >= 11 is 0. The smallest absolute Gasteiger partial charge is 0.548 e. The Labute approximate surface area is 127 Å². The van der Waals surface area contributed by atoms with Crippen LogP contribution in [-0.2, 0) is 16.0 Å². The molecule has 1 atom stereocenters. The summed E-state index contributed by atoms with van der Waals surface area (Å²) < 4.78 is 0. The molecule has 0 radical (unpaired) electrons. The Balaban J connectivity index is 0.00000289. The van der Waals surface area contributed by atoms with E-state index in [1.165, 1.54) is 12.1 Å². The van der Waals surface area contributed by atoms with Gasteiger partial charge in [0.15, 0.2) is 0 Å². The van der Waals surface area contributed by atoms with E-state index < -0.39 is 17.9 Å². The topological polar surface area (TPSA) is 89.5 Å². The van der Waals surface area contributed by atoms with Crippen molar-refractivity contribution in [3.05, 3.63) is 42.5 Å². The largest absolute Gasteiger partial charge is 1.00 e. The summed E-state index contributed by atoms with van der Waals surface area (Å²) in [7, 11) is 0. The maximum absolute atomic E-state index is 11.0. The molecule has 0 aliphatic rings. The monoisotopic (exact) mass is 257 g/mol. The van der Waals surface area contributed by atoms with Crippen molar-refractivity contribution in [2.75, 3.05) is 0 Å². The number of hydrogen-bond donors (Lipinski definition) is 2. The summed E-state index contributed by atoms with van der Waals surface area (Å²) in [6.45, 7) is 3.23. The molecule has 18 heavy (non-hydrogen) atoms. The fraction of sp³-hybridized carbons (Fsp3) is 0.167. The number of phenolic OH excluding ortho intramolecular Hbond substituents is 1. The molecule has 0 fully saturated rings. The summed E-state index contributed by atoms with van der Waals surface area (Å²) in [5.41, 5.74) is 0.668. The molecular formula is C12H12NNaO4. The van der Waals surface area contributed by atoms with Crippen LogP contribution in [0.15, 0.2) is 36.9 Å². The predicted octanol–water partition coefficient (Wildman–Crippen LogP) is -3.64. The second kappa shape index (κ2) is 7.92. The molecule has 0 aliphatic heterocycles. The third kappa shape index (κ3) is 5.35. The molecular weight excluding hydrogens is 245 g/mol. The van der Waals surface area contributed by atoms with Gasteiger partial charge in [0.2, 0.25) is 5.91 Å². The summed E-state index contributed by atoms with van der Waals surface area (Å²) in [4.78, 5) is 21.8. The van der Waals surface area contributed by atoms with Crippen molar-refractivity contribution in [2.45, 2.75) is 12.5 Å². The van der Waals surface area contributed by atoms with Gasteiger partial charge in [0, 0.05) is 0 Å². The van der Waals surface area contributed by atoms with Gasteiger partial charge in [0.05, 0.1) is 12.0 Å². The Morgan fingerprint density at radius 1 is 1.39 bits per heavy atom. The quantitative estimate of drug-likeness (QED) is 0.420. The second-order valence-corrected chi connectivity index (χ2v) is 3.45. The molecule has 90 valence electrons. The van der Waals surface area contributed by atoms with Gasteiger partial charge in [-0.3, -0.25) is 4.79 Å². The molecule has 0 bridgehead atoms. The predicted molar refractivity (Wildman–Crippen MR) is 58.9 cm³/mol. The van der Waals surface area contributed by atoms with Crippen molar-refractivity contribution in [1.82, 2.24) is 5.32 Å². The first-order chi connectivity index (χ1) is 8.02. The summed E-state index contributed by atoms with van der Waals surface area (Å²) in [5, 5.41) is 22.1. The van der Waals surface area contributed by atoms with E-state index in [2.05, 4.69) is 11.9 Å². The van der Waals surface area contributed by atoms with Crippen LogP contribution < -0.4 is 40.0 Å². The van der Waals surface area contributed by atoms with E-state index in [4.69, 9.17) is 5.11 Å². The Hall–Kier alpha value is -1.30. The van der Waals surface area contributed by atoms with Gasteiger partial charge in [0.25, 0.3) is 0 Å². The van der Waals surface area contributed by atoms with Crippen molar-refractivity contribution in [1.29, 1.82) is 0 Å². The normalized spacial score (nSPS) is 10.9. The number of nitrogens with one attached hydrogen (secondary N) is 1. The first-order valence-electron chi connectivity index (χ1n) is 4.94. The fourth-order valence-electron chi connectivity index (χ4n) is 1.29. The van der Waals surface area contributed by atoms with Crippen molar-refractivity contribution in [3.8, 4) is 5.75 Å². The Morgan fingerprint density at radius 3 is 2.39 bits per heavy atom. The van der Waals surface area contributed by atoms with Gasteiger partial charge in [-0.2, -0.15) is 0 Å². The maximum atomic E-state index is 11.0. The molecule has 0 saturated carbocycles. The number of carbonyl (C=O) groups is 2. The molecule has 0 saturated heterocycles. The SMILES string of the molecule is C=CC(=O)N[C@H](Cc1ccc(O)cc1)C(=O)[O-].[Na+]. The van der Waals surface area contributed by atoms with E-state index in [1.54, 1.807) is 12.1 Å². The number of aromatic hydroxyl groups is 1. The Bertz CT molecular complexity index is 430. The van der Waals surface area contributed by atoms with E-state index in [0.717, 1.165) is 6.08 Å². The average Bonchev–Trinajstić information content (AvgIpc) is 2.30. The number of rotatable bonds is 5. The zero-order valence-electron chi connectivity index (χ0n) is 10.1. The minimum atomic E-state index is -1.37. The van der Waals surface area contributed by atoms with Gasteiger partial charge < -0.3 is 20.3 Å². The molecule has 1 amide bonds. The van der Waals surface area contributed by atoms with Crippen LogP contribution >= 0.6 is 0 Å². The van der Waals surface area contributed by atoms with E-state index >= 15 is 0 Å². The van der Waals surface area contributed by atoms with Crippen molar-refractivity contribution < 1.29 is 49.4 Å². The minimum Gasteiger partial charge on any atom is -0.548 e. The number of amides is 1. The van der Waals surface area contributed by atoms with Crippen LogP contribution in [-0.4, -0.2) is 23.0 Å². The molecule has 0 aromatic heterocycles. The van der Waals surface area contributed by atoms with E-state index in [0.29, 0.717) is 5.56 Å². The van der Waals surface area contributed by atoms with E-state index in [9.17, 15) is 14.7 Å². The van der Waals surface area contributed by atoms with Gasteiger partial charge in [-0.05, 0) is 30.2 Å². The third-order valence-electron chi connectivity index (χ3n) is 2.16. The molecule has 0 heterocycles. The molecule has 0 aliphatic carbocycles. The van der Waals surface area contributed by atoms with Crippen LogP contribution in [0.5, 0.6) is 5.75 Å². The molecule has 5 nitrogen and oxygen atoms in total. The van der Waals surface area contributed by atoms with Crippen LogP contribution in [0.1, 0.15) is 5.56 Å². The first kappa shape index (κ1) is 16.7. The van der Waals surface area contributed by atoms with E-state index in [-0.39, 0.29) is 41.7 Å². The number of hydrogen-bond acceptors (Lipinski definition) is 4. The van der Waals surface area contributed by atoms with Crippen LogP contribution in [0.2, 0.25) is 0 Å². The van der Waals surface area contributed by atoms with Crippen LogP contribution in [0.3, 0.4) is 0 Å². The van der Waals surface area contributed by atoms with Crippen molar-refractivity contribution in [2.24, 2.45) is 0 Å². The van der Waals surface area contributed by atoms with Crippen LogP contribution in [0.4, 0.5) is 0 Å². The Morgan fingerprint density at radius 2 is 1.94 bits per heavy atom. The van der Waals surface area contributed by atoms with Gasteiger partial charge in [-0.25, -0.2) is 0 Å². The van der Waals surface area contributed by atoms with Gasteiger partial charge in [-0.1, -0.05) is 18.7 Å². The van der Waals surface area contributed by atoms with Gasteiger partial charge >= 0.3 is 29.6 Å². The van der Waals surface area contributed by atoms with E-state index in [1.807, 2.05) is 0 Å². The van der Waals surface area contributed by atoms with Gasteiger partial charge in [-0.15, -0.1) is 0 Å². The minimum absolute atomic E-state index is 0. The standard InChI is InChI=1S/C12H13NO4.Na/c1-2-11(15)13-10(12(16)17)7-8-3-5-9(14)6-4-8;/h2-6,10,14H,1,7H2,(H,13,15)(H,16,17);/q;+1/p-1/t10-;/m1./s1. The van der Waals surface area contributed by atoms with Crippen molar-refractivity contribution >= 4 is 11.9 Å². The zero-order valence-corrected chi connectivity index (χ0v) is 12.1. The number of carboxylic acid groups (broad SMARTS) is 1. The van der Waals surface area contributed by atoms with Crippen molar-refractivity contribution in [3.63, 3.8) is 0 Å². The maximum Gasteiger partial charge on any atom is 1.00 e. The molecule has 1 rings (SSSR count). The Kier molecular flexibility index (Phi) is 7.35. The molecule has 6 heteroatoms. The molecule has 0 unspecified atom stereocenters. The third-order valence-corrected chi connectivity index (χ3v) is 2.16. The van der Waals surface area contributed by atoms with Crippen LogP contribution in [0.25, 0.3) is 0 Å². The molecule has 1 aromatic rings. The average molecular weight is 257 g/mol. The summed E-state index contributed by atoms with van der Waals surface area (Å²) in [5.74, 6) is -1.85. The van der Waals surface area contributed by atoms with Crippen LogP contribution in [0, 0.1) is 0 Å². The second-order valence-electron chi connectivity index (χ2n) is 3.45. The molecule has 0 spiro atoms. The number of carboxylic acids is 1. The fourth-order valence-corrected chi connectivity index (χ4v) is 1.29. The number of carbonyl (C=O) groups excluding carboxylic acids is 2. The zero-order chi connectivity index (χ0) is 12.8. The molecule has 2 N–H and O–H groups in total. The number of aliphatic carboxylic acids is 1. The summed E-state index contributed by atoms with van der Waals surface area (Å²) in [6.07, 6.45) is 1.08.